The van der Waals surface area contributed by atoms with Crippen molar-refractivity contribution >= 4 is 40.0 Å². The fraction of sp³-hybridized carbons (Fsp3) is 0.950. The highest BCUT2D eigenvalue weighted by Crippen LogP contribution is 2.18. The number of hydrogen-bond donors (Lipinski definition) is 1. The molecule has 0 radical (unpaired) electrons. The van der Waals surface area contributed by atoms with Crippen LogP contribution in [0, 0.1) is 0 Å². The molecule has 0 amide bonds. The van der Waals surface area contributed by atoms with Crippen molar-refractivity contribution in [2.75, 3.05) is 58.7 Å². The molecule has 2 heterocycles. The van der Waals surface area contributed by atoms with Gasteiger partial charge in [0, 0.05) is 45.9 Å². The smallest absolute Gasteiger partial charge is 0.211 e. The first-order chi connectivity index (χ1) is 13.9. The molecule has 0 saturated carbocycles. The average Bonchev–Trinajstić information content (AvgIpc) is 2.71. The molecule has 1 atom stereocenters. The molecule has 2 aliphatic heterocycles. The van der Waals surface area contributed by atoms with Gasteiger partial charge in [0.05, 0.1) is 25.1 Å². The first-order valence-electron chi connectivity index (χ1n) is 11.2. The van der Waals surface area contributed by atoms with Crippen LogP contribution in [-0.2, 0) is 19.5 Å². The fourth-order valence-corrected chi connectivity index (χ4v) is 4.76. The van der Waals surface area contributed by atoms with Crippen molar-refractivity contribution in [3.8, 4) is 0 Å². The van der Waals surface area contributed by atoms with E-state index in [9.17, 15) is 8.42 Å². The molecule has 178 valence electrons. The number of ether oxygens (including phenoxy) is 2. The van der Waals surface area contributed by atoms with Crippen LogP contribution in [-0.4, -0.2) is 94.5 Å². The largest absolute Gasteiger partial charge is 0.376 e. The first kappa shape index (κ1) is 27.9. The minimum atomic E-state index is -3.13. The summed E-state index contributed by atoms with van der Waals surface area (Å²) in [5.41, 5.74) is 0. The molecule has 0 spiro atoms. The van der Waals surface area contributed by atoms with Crippen molar-refractivity contribution in [1.29, 1.82) is 0 Å². The van der Waals surface area contributed by atoms with Crippen LogP contribution in [0.4, 0.5) is 0 Å². The van der Waals surface area contributed by atoms with Crippen molar-refractivity contribution in [2.45, 2.75) is 64.6 Å². The van der Waals surface area contributed by atoms with Crippen LogP contribution in [0.15, 0.2) is 4.99 Å². The SMILES string of the molecule is CCNC(=NCCCN(CC)S(C)(=O)=O)N1CCC(OCC2CCCCO2)CC1.I. The van der Waals surface area contributed by atoms with E-state index in [0.717, 1.165) is 57.9 Å². The summed E-state index contributed by atoms with van der Waals surface area (Å²) in [5.74, 6) is 0.920. The third kappa shape index (κ3) is 9.97. The average molecular weight is 561 g/mol. The Morgan fingerprint density at radius 3 is 2.53 bits per heavy atom. The molecule has 0 aromatic rings. The van der Waals surface area contributed by atoms with Crippen LogP contribution in [0.1, 0.15) is 52.4 Å². The maximum atomic E-state index is 11.7. The summed E-state index contributed by atoms with van der Waals surface area (Å²) < 4.78 is 36.7. The Hall–Kier alpha value is -0.170. The van der Waals surface area contributed by atoms with Gasteiger partial charge in [0.1, 0.15) is 0 Å². The molecule has 10 heteroatoms. The number of nitrogens with zero attached hydrogens (tertiary/aromatic N) is 3. The van der Waals surface area contributed by atoms with E-state index in [2.05, 4.69) is 17.1 Å². The lowest BCUT2D eigenvalue weighted by atomic mass is 10.1. The molecule has 2 fully saturated rings. The van der Waals surface area contributed by atoms with E-state index in [1.54, 1.807) is 0 Å². The molecule has 2 rings (SSSR count). The summed E-state index contributed by atoms with van der Waals surface area (Å²) in [6.07, 6.45) is 8.08. The summed E-state index contributed by atoms with van der Waals surface area (Å²) in [5, 5.41) is 3.37. The van der Waals surface area contributed by atoms with Gasteiger partial charge in [0.2, 0.25) is 10.0 Å². The lowest BCUT2D eigenvalue weighted by Crippen LogP contribution is -2.47. The fourth-order valence-electron chi connectivity index (χ4n) is 3.83. The highest BCUT2D eigenvalue weighted by atomic mass is 127. The molecule has 0 bridgehead atoms. The Labute approximate surface area is 200 Å². The highest BCUT2D eigenvalue weighted by molar-refractivity contribution is 14.0. The summed E-state index contributed by atoms with van der Waals surface area (Å²) in [7, 11) is -3.13. The van der Waals surface area contributed by atoms with Gasteiger partial charge in [0.15, 0.2) is 5.96 Å². The third-order valence-electron chi connectivity index (χ3n) is 5.52. The predicted octanol–water partition coefficient (Wildman–Crippen LogP) is 2.29. The second-order valence-electron chi connectivity index (χ2n) is 7.85. The number of guanidine groups is 1. The molecule has 1 N–H and O–H groups in total. The molecular weight excluding hydrogens is 519 g/mol. The Kier molecular flexibility index (Phi) is 13.8. The quantitative estimate of drug-likeness (QED) is 0.191. The van der Waals surface area contributed by atoms with Gasteiger partial charge >= 0.3 is 0 Å². The van der Waals surface area contributed by atoms with Crippen molar-refractivity contribution in [3.63, 3.8) is 0 Å². The van der Waals surface area contributed by atoms with Crippen LogP contribution in [0.5, 0.6) is 0 Å². The summed E-state index contributed by atoms with van der Waals surface area (Å²) in [6, 6.07) is 0. The zero-order valence-electron chi connectivity index (χ0n) is 18.8. The van der Waals surface area contributed by atoms with E-state index in [-0.39, 0.29) is 30.1 Å². The zero-order chi connectivity index (χ0) is 21.1. The molecule has 0 aliphatic carbocycles. The van der Waals surface area contributed by atoms with Gasteiger partial charge in [-0.05, 0) is 45.4 Å². The van der Waals surface area contributed by atoms with Gasteiger partial charge in [0.25, 0.3) is 0 Å². The van der Waals surface area contributed by atoms with Gasteiger partial charge in [-0.15, -0.1) is 24.0 Å². The number of piperidine rings is 1. The molecule has 30 heavy (non-hydrogen) atoms. The Morgan fingerprint density at radius 2 is 1.97 bits per heavy atom. The van der Waals surface area contributed by atoms with Crippen LogP contribution >= 0.6 is 24.0 Å². The maximum Gasteiger partial charge on any atom is 0.211 e. The normalized spacial score (nSPS) is 21.5. The van der Waals surface area contributed by atoms with Gasteiger partial charge in [-0.2, -0.15) is 0 Å². The Balaban J connectivity index is 0.00000450. The zero-order valence-corrected chi connectivity index (χ0v) is 22.0. The van der Waals surface area contributed by atoms with Gasteiger partial charge < -0.3 is 19.7 Å². The van der Waals surface area contributed by atoms with E-state index in [4.69, 9.17) is 14.5 Å². The number of rotatable bonds is 10. The number of sulfonamides is 1. The molecule has 8 nitrogen and oxygen atoms in total. The summed E-state index contributed by atoms with van der Waals surface area (Å²) >= 11 is 0. The standard InChI is InChI=1S/C20H40N4O4S.HI/c1-4-21-20(22-12-8-13-24(5-2)29(3,25)26)23-14-10-18(11-15-23)28-17-19-9-6-7-16-27-19;/h18-19H,4-17H2,1-3H3,(H,21,22);1H. The number of nitrogens with one attached hydrogen (secondary N) is 1. The second-order valence-corrected chi connectivity index (χ2v) is 9.83. The van der Waals surface area contributed by atoms with Gasteiger partial charge in [-0.25, -0.2) is 12.7 Å². The van der Waals surface area contributed by atoms with Crippen molar-refractivity contribution < 1.29 is 17.9 Å². The summed E-state index contributed by atoms with van der Waals surface area (Å²) in [6.45, 7) is 9.81. The Bertz CT molecular complexity index is 592. The number of hydrogen-bond acceptors (Lipinski definition) is 5. The van der Waals surface area contributed by atoms with E-state index in [1.807, 2.05) is 6.92 Å². The molecule has 0 aromatic carbocycles. The number of aliphatic imine (C=N–C) groups is 1. The van der Waals surface area contributed by atoms with Crippen LogP contribution in [0.3, 0.4) is 0 Å². The molecule has 2 aliphatic rings. The minimum Gasteiger partial charge on any atom is -0.376 e. The summed E-state index contributed by atoms with van der Waals surface area (Å²) in [4.78, 5) is 7.01. The Morgan fingerprint density at radius 1 is 1.23 bits per heavy atom. The predicted molar refractivity (Wildman–Crippen MR) is 132 cm³/mol. The van der Waals surface area contributed by atoms with E-state index >= 15 is 0 Å². The van der Waals surface area contributed by atoms with E-state index < -0.39 is 10.0 Å². The van der Waals surface area contributed by atoms with Crippen LogP contribution in [0.25, 0.3) is 0 Å². The first-order valence-corrected chi connectivity index (χ1v) is 13.0. The van der Waals surface area contributed by atoms with Crippen LogP contribution < -0.4 is 5.32 Å². The van der Waals surface area contributed by atoms with E-state index in [1.165, 1.54) is 23.4 Å². The monoisotopic (exact) mass is 560 g/mol. The lowest BCUT2D eigenvalue weighted by molar-refractivity contribution is -0.0721. The highest BCUT2D eigenvalue weighted by Gasteiger charge is 2.23. The third-order valence-corrected chi connectivity index (χ3v) is 6.90. The van der Waals surface area contributed by atoms with Crippen molar-refractivity contribution in [1.82, 2.24) is 14.5 Å². The second kappa shape index (κ2) is 14.8. The van der Waals surface area contributed by atoms with Crippen molar-refractivity contribution in [2.24, 2.45) is 4.99 Å². The maximum absolute atomic E-state index is 11.7. The topological polar surface area (TPSA) is 83.5 Å². The van der Waals surface area contributed by atoms with Gasteiger partial charge in [-0.3, -0.25) is 4.99 Å². The molecule has 1 unspecified atom stereocenters. The minimum absolute atomic E-state index is 0. The van der Waals surface area contributed by atoms with Crippen molar-refractivity contribution in [3.05, 3.63) is 0 Å². The lowest BCUT2D eigenvalue weighted by Gasteiger charge is -2.35. The molecular formula is C20H41IN4O4S. The number of likely N-dealkylation sites (tertiary alicyclic amines) is 1. The molecule has 0 aromatic heterocycles. The van der Waals surface area contributed by atoms with Gasteiger partial charge in [-0.1, -0.05) is 6.92 Å². The number of halogens is 1. The van der Waals surface area contributed by atoms with E-state index in [0.29, 0.717) is 32.3 Å². The van der Waals surface area contributed by atoms with Crippen LogP contribution in [0.2, 0.25) is 0 Å². The molecule has 2 saturated heterocycles.